The number of hydrogen-bond acceptors (Lipinski definition) is 1. The van der Waals surface area contributed by atoms with E-state index in [1.165, 1.54) is 119 Å². The number of thiophene rings is 1. The minimum absolute atomic E-state index is 0.0592. The van der Waals surface area contributed by atoms with E-state index in [9.17, 15) is 0 Å². The first-order valence-corrected chi connectivity index (χ1v) is 20.3. The van der Waals surface area contributed by atoms with Crippen LogP contribution in [0.5, 0.6) is 0 Å². The summed E-state index contributed by atoms with van der Waals surface area (Å²) in [5, 5.41) is 10.6. The van der Waals surface area contributed by atoms with Crippen molar-refractivity contribution in [1.29, 1.82) is 0 Å². The summed E-state index contributed by atoms with van der Waals surface area (Å²) in [5.41, 5.74) is 16.2. The maximum Gasteiger partial charge on any atom is 0.0440 e. The fourth-order valence-electron chi connectivity index (χ4n) is 10.7. The maximum absolute atomic E-state index is 2.53. The van der Waals surface area contributed by atoms with Crippen LogP contribution in [0, 0.1) is 0 Å². The summed E-state index contributed by atoms with van der Waals surface area (Å²) in [7, 11) is 0. The molecule has 12 rings (SSSR count). The van der Waals surface area contributed by atoms with Crippen molar-refractivity contribution < 1.29 is 0 Å². The van der Waals surface area contributed by atoms with E-state index in [2.05, 4.69) is 185 Å². The van der Waals surface area contributed by atoms with Crippen LogP contribution >= 0.6 is 11.3 Å². The minimum atomic E-state index is -0.149. The van der Waals surface area contributed by atoms with Gasteiger partial charge in [-0.25, -0.2) is 0 Å². The molecule has 260 valence electrons. The Morgan fingerprint density at radius 3 is 1.69 bits per heavy atom. The molecule has 1 heterocycles. The van der Waals surface area contributed by atoms with Crippen molar-refractivity contribution in [2.75, 3.05) is 0 Å². The summed E-state index contributed by atoms with van der Waals surface area (Å²) in [4.78, 5) is 0. The standard InChI is InChI=1S/C54H38S/c1-53(2)42-21-11-9-19-39(42)50-41(20-13-22-43(50)53)49-36-17-7-5-15-34(36)47(35-16-6-8-18-37(35)49)32-25-28-40-45(30-32)54(3,4)44-29-26-31-24-27-38-33-14-10-12-23-46(33)55-52(38)48(31)51(40)44/h5-30H,1-4H3. The van der Waals surface area contributed by atoms with Gasteiger partial charge in [0.25, 0.3) is 0 Å². The van der Waals surface area contributed by atoms with E-state index in [0.29, 0.717) is 0 Å². The molecule has 1 aromatic heterocycles. The van der Waals surface area contributed by atoms with Gasteiger partial charge in [0.1, 0.15) is 0 Å². The summed E-state index contributed by atoms with van der Waals surface area (Å²) in [6.07, 6.45) is 0. The van der Waals surface area contributed by atoms with Crippen LogP contribution in [0.1, 0.15) is 49.9 Å². The number of rotatable bonds is 2. The molecule has 0 unspecified atom stereocenters. The van der Waals surface area contributed by atoms with Gasteiger partial charge in [-0.2, -0.15) is 0 Å². The molecule has 0 spiro atoms. The highest BCUT2D eigenvalue weighted by molar-refractivity contribution is 7.26. The molecular formula is C54H38S. The number of hydrogen-bond donors (Lipinski definition) is 0. The molecule has 2 aliphatic rings. The molecule has 55 heavy (non-hydrogen) atoms. The van der Waals surface area contributed by atoms with Gasteiger partial charge in [-0.15, -0.1) is 11.3 Å². The lowest BCUT2D eigenvalue weighted by atomic mass is 9.79. The Labute approximate surface area is 325 Å². The highest BCUT2D eigenvalue weighted by atomic mass is 32.1. The van der Waals surface area contributed by atoms with Gasteiger partial charge in [-0.05, 0) is 106 Å². The molecule has 0 N–H and O–H groups in total. The summed E-state index contributed by atoms with van der Waals surface area (Å²) in [5.74, 6) is 0. The van der Waals surface area contributed by atoms with Crippen LogP contribution in [0.15, 0.2) is 158 Å². The molecule has 0 atom stereocenters. The van der Waals surface area contributed by atoms with Gasteiger partial charge in [0.05, 0.1) is 0 Å². The second kappa shape index (κ2) is 10.8. The molecule has 9 aromatic carbocycles. The summed E-state index contributed by atoms with van der Waals surface area (Å²) >= 11 is 1.94. The third-order valence-corrected chi connectivity index (χ3v) is 14.5. The number of fused-ring (bicyclic) bond motifs is 14. The molecule has 0 saturated carbocycles. The van der Waals surface area contributed by atoms with Crippen LogP contribution in [0.4, 0.5) is 0 Å². The maximum atomic E-state index is 2.53. The van der Waals surface area contributed by atoms with E-state index >= 15 is 0 Å². The van der Waals surface area contributed by atoms with Crippen LogP contribution in [0.2, 0.25) is 0 Å². The molecule has 0 amide bonds. The van der Waals surface area contributed by atoms with Crippen LogP contribution < -0.4 is 0 Å². The zero-order chi connectivity index (χ0) is 36.8. The van der Waals surface area contributed by atoms with E-state index in [1.54, 1.807) is 0 Å². The highest BCUT2D eigenvalue weighted by Crippen LogP contribution is 2.57. The fraction of sp³-hybridized carbons (Fsp3) is 0.111. The molecule has 0 fully saturated rings. The molecule has 0 nitrogen and oxygen atoms in total. The average molecular weight is 719 g/mol. The smallest absolute Gasteiger partial charge is 0.0440 e. The van der Waals surface area contributed by atoms with Gasteiger partial charge in [0.2, 0.25) is 0 Å². The topological polar surface area (TPSA) is 0 Å². The van der Waals surface area contributed by atoms with Crippen molar-refractivity contribution in [3.63, 3.8) is 0 Å². The highest BCUT2D eigenvalue weighted by Gasteiger charge is 2.39. The number of benzene rings is 9. The van der Waals surface area contributed by atoms with Crippen molar-refractivity contribution in [1.82, 2.24) is 0 Å². The SMILES string of the molecule is CC1(C)c2ccccc2-c2c(-c3c4ccccc4c(-c4ccc5c(c4)C(C)(C)c4ccc6ccc7c8ccccc8sc7c6c4-5)c4ccccc34)cccc21. The van der Waals surface area contributed by atoms with E-state index in [-0.39, 0.29) is 10.8 Å². The van der Waals surface area contributed by atoms with Crippen molar-refractivity contribution in [2.24, 2.45) is 0 Å². The average Bonchev–Trinajstić information content (AvgIpc) is 3.79. The van der Waals surface area contributed by atoms with Crippen LogP contribution in [-0.4, -0.2) is 0 Å². The molecule has 0 bridgehead atoms. The quantitative estimate of drug-likeness (QED) is 0.156. The summed E-state index contributed by atoms with van der Waals surface area (Å²) in [6, 6.07) is 59.9. The van der Waals surface area contributed by atoms with Gasteiger partial charge in [-0.1, -0.05) is 173 Å². The van der Waals surface area contributed by atoms with Gasteiger partial charge >= 0.3 is 0 Å². The first-order valence-electron chi connectivity index (χ1n) is 19.5. The first-order chi connectivity index (χ1) is 26.8. The normalized spacial score (nSPS) is 14.8. The second-order valence-corrected chi connectivity index (χ2v) is 17.8. The van der Waals surface area contributed by atoms with Crippen molar-refractivity contribution in [2.45, 2.75) is 38.5 Å². The summed E-state index contributed by atoms with van der Waals surface area (Å²) < 4.78 is 2.75. The van der Waals surface area contributed by atoms with Gasteiger partial charge in [0, 0.05) is 36.4 Å². The van der Waals surface area contributed by atoms with E-state index in [1.807, 2.05) is 11.3 Å². The lowest BCUT2D eigenvalue weighted by Crippen LogP contribution is -2.15. The Morgan fingerprint density at radius 1 is 0.364 bits per heavy atom. The van der Waals surface area contributed by atoms with Crippen LogP contribution in [0.25, 0.3) is 97.0 Å². The van der Waals surface area contributed by atoms with Gasteiger partial charge in [0.15, 0.2) is 0 Å². The molecule has 0 radical (unpaired) electrons. The summed E-state index contributed by atoms with van der Waals surface area (Å²) in [6.45, 7) is 9.60. The Kier molecular flexibility index (Phi) is 6.16. The van der Waals surface area contributed by atoms with Crippen LogP contribution in [-0.2, 0) is 10.8 Å². The van der Waals surface area contributed by atoms with E-state index in [4.69, 9.17) is 0 Å². The Bertz CT molecular complexity index is 3260. The van der Waals surface area contributed by atoms with Crippen molar-refractivity contribution >= 4 is 63.8 Å². The lowest BCUT2D eigenvalue weighted by molar-refractivity contribution is 0.660. The Morgan fingerprint density at radius 2 is 0.927 bits per heavy atom. The largest absolute Gasteiger partial charge is 0.135 e. The van der Waals surface area contributed by atoms with E-state index in [0.717, 1.165) is 0 Å². The molecule has 0 aliphatic heterocycles. The Balaban J connectivity index is 1.13. The van der Waals surface area contributed by atoms with E-state index < -0.39 is 0 Å². The minimum Gasteiger partial charge on any atom is -0.135 e. The predicted molar refractivity (Wildman–Crippen MR) is 238 cm³/mol. The second-order valence-electron chi connectivity index (χ2n) is 16.8. The van der Waals surface area contributed by atoms with Gasteiger partial charge in [-0.3, -0.25) is 0 Å². The zero-order valence-electron chi connectivity index (χ0n) is 31.4. The zero-order valence-corrected chi connectivity index (χ0v) is 32.2. The Hall–Kier alpha value is -6.02. The van der Waals surface area contributed by atoms with Crippen LogP contribution in [0.3, 0.4) is 0 Å². The predicted octanol–water partition coefficient (Wildman–Crippen LogP) is 15.5. The third kappa shape index (κ3) is 4.01. The first kappa shape index (κ1) is 31.3. The molecule has 2 aliphatic carbocycles. The molecular weight excluding hydrogens is 681 g/mol. The monoisotopic (exact) mass is 718 g/mol. The van der Waals surface area contributed by atoms with Crippen molar-refractivity contribution in [3.05, 3.63) is 180 Å². The fourth-order valence-corrected chi connectivity index (χ4v) is 11.9. The molecule has 0 saturated heterocycles. The van der Waals surface area contributed by atoms with Crippen molar-refractivity contribution in [3.8, 4) is 44.5 Å². The molecule has 10 aromatic rings. The third-order valence-electron chi connectivity index (χ3n) is 13.3. The molecule has 1 heteroatoms. The van der Waals surface area contributed by atoms with Gasteiger partial charge < -0.3 is 0 Å². The lowest BCUT2D eigenvalue weighted by Gasteiger charge is -2.24.